The molecule has 0 aliphatic heterocycles. The molecule has 0 fully saturated rings. The van der Waals surface area contributed by atoms with E-state index in [1.54, 1.807) is 0 Å². The van der Waals surface area contributed by atoms with E-state index in [0.717, 1.165) is 25.0 Å². The molecular formula is C14H21NO3. The Morgan fingerprint density at radius 1 is 1.06 bits per heavy atom. The number of unbranched alkanes of at least 4 members (excludes halogenated alkanes) is 2. The van der Waals surface area contributed by atoms with Crippen LogP contribution in [0.2, 0.25) is 0 Å². The summed E-state index contributed by atoms with van der Waals surface area (Å²) in [6.07, 6.45) is 3.25. The van der Waals surface area contributed by atoms with Crippen molar-refractivity contribution in [2.24, 2.45) is 5.73 Å². The number of carbonyl (C=O) groups excluding carboxylic acids is 1. The number of esters is 1. The Morgan fingerprint density at radius 2 is 1.83 bits per heavy atom. The maximum absolute atomic E-state index is 11.3. The van der Waals surface area contributed by atoms with Crippen LogP contribution in [0.1, 0.15) is 25.7 Å². The fraction of sp³-hybridized carbons (Fsp3) is 0.500. The molecule has 0 saturated carbocycles. The third kappa shape index (κ3) is 6.91. The van der Waals surface area contributed by atoms with E-state index in [9.17, 15) is 4.79 Å². The molecule has 0 unspecified atom stereocenters. The molecule has 0 bridgehead atoms. The largest absolute Gasteiger partial charge is 0.490 e. The van der Waals surface area contributed by atoms with Gasteiger partial charge in [0, 0.05) is 6.42 Å². The zero-order valence-electron chi connectivity index (χ0n) is 10.6. The van der Waals surface area contributed by atoms with Gasteiger partial charge in [0.15, 0.2) is 0 Å². The Hall–Kier alpha value is -1.55. The van der Waals surface area contributed by atoms with Gasteiger partial charge in [-0.3, -0.25) is 4.79 Å². The molecule has 0 aliphatic rings. The molecule has 0 atom stereocenters. The van der Waals surface area contributed by atoms with E-state index in [-0.39, 0.29) is 5.97 Å². The molecule has 0 aromatic heterocycles. The number of ether oxygens (including phenoxy) is 2. The minimum atomic E-state index is -0.163. The third-order valence-electron chi connectivity index (χ3n) is 2.44. The second-order valence-electron chi connectivity index (χ2n) is 3.98. The molecule has 1 aromatic rings. The standard InChI is InChI=1S/C14H21NO3/c15-10-6-2-5-9-14(16)18-12-11-17-13-7-3-1-4-8-13/h1,3-4,7-8H,2,5-6,9-12,15H2. The zero-order valence-corrected chi connectivity index (χ0v) is 10.6. The molecule has 4 heteroatoms. The van der Waals surface area contributed by atoms with Gasteiger partial charge in [0.1, 0.15) is 19.0 Å². The highest BCUT2D eigenvalue weighted by Crippen LogP contribution is 2.07. The minimum absolute atomic E-state index is 0.163. The van der Waals surface area contributed by atoms with Gasteiger partial charge in [-0.05, 0) is 31.5 Å². The summed E-state index contributed by atoms with van der Waals surface area (Å²) in [5, 5.41) is 0. The first kappa shape index (κ1) is 14.5. The topological polar surface area (TPSA) is 61.6 Å². The van der Waals surface area contributed by atoms with Crippen molar-refractivity contribution in [3.8, 4) is 5.75 Å². The van der Waals surface area contributed by atoms with Crippen LogP contribution in [-0.4, -0.2) is 25.7 Å². The van der Waals surface area contributed by atoms with E-state index in [1.165, 1.54) is 0 Å². The van der Waals surface area contributed by atoms with E-state index in [0.29, 0.717) is 26.2 Å². The van der Waals surface area contributed by atoms with Crippen molar-refractivity contribution in [3.63, 3.8) is 0 Å². The monoisotopic (exact) mass is 251 g/mol. The van der Waals surface area contributed by atoms with Crippen LogP contribution in [0.15, 0.2) is 30.3 Å². The van der Waals surface area contributed by atoms with E-state index >= 15 is 0 Å². The average molecular weight is 251 g/mol. The normalized spacial score (nSPS) is 10.1. The first-order valence-corrected chi connectivity index (χ1v) is 6.36. The van der Waals surface area contributed by atoms with Crippen LogP contribution in [0.5, 0.6) is 5.75 Å². The van der Waals surface area contributed by atoms with Crippen LogP contribution in [0.3, 0.4) is 0 Å². The van der Waals surface area contributed by atoms with Gasteiger partial charge in [-0.25, -0.2) is 0 Å². The summed E-state index contributed by atoms with van der Waals surface area (Å²) in [6, 6.07) is 9.47. The molecule has 0 aliphatic carbocycles. The fourth-order valence-corrected chi connectivity index (χ4v) is 1.49. The van der Waals surface area contributed by atoms with Crippen molar-refractivity contribution >= 4 is 5.97 Å². The minimum Gasteiger partial charge on any atom is -0.490 e. The van der Waals surface area contributed by atoms with Crippen molar-refractivity contribution in [3.05, 3.63) is 30.3 Å². The molecule has 18 heavy (non-hydrogen) atoms. The SMILES string of the molecule is NCCCCCC(=O)OCCOc1ccccc1. The van der Waals surface area contributed by atoms with Gasteiger partial charge in [0.25, 0.3) is 0 Å². The van der Waals surface area contributed by atoms with Crippen LogP contribution >= 0.6 is 0 Å². The predicted molar refractivity (Wildman–Crippen MR) is 70.4 cm³/mol. The fourth-order valence-electron chi connectivity index (χ4n) is 1.49. The summed E-state index contributed by atoms with van der Waals surface area (Å²) in [7, 11) is 0. The molecule has 0 amide bonds. The lowest BCUT2D eigenvalue weighted by Crippen LogP contribution is -2.12. The number of nitrogens with two attached hydrogens (primary N) is 1. The highest BCUT2D eigenvalue weighted by Gasteiger charge is 2.02. The summed E-state index contributed by atoms with van der Waals surface area (Å²) in [5.74, 6) is 0.625. The molecule has 1 aromatic carbocycles. The van der Waals surface area contributed by atoms with Crippen LogP contribution in [0.25, 0.3) is 0 Å². The van der Waals surface area contributed by atoms with E-state index in [4.69, 9.17) is 15.2 Å². The summed E-state index contributed by atoms with van der Waals surface area (Å²) in [4.78, 5) is 11.3. The average Bonchev–Trinajstić information content (AvgIpc) is 2.41. The molecule has 0 spiro atoms. The number of para-hydroxylation sites is 1. The van der Waals surface area contributed by atoms with E-state index in [1.807, 2.05) is 30.3 Å². The first-order chi connectivity index (χ1) is 8.83. The third-order valence-corrected chi connectivity index (χ3v) is 2.44. The van der Waals surface area contributed by atoms with Gasteiger partial charge >= 0.3 is 5.97 Å². The second kappa shape index (κ2) is 9.48. The molecule has 0 heterocycles. The summed E-state index contributed by atoms with van der Waals surface area (Å²) in [6.45, 7) is 1.36. The lowest BCUT2D eigenvalue weighted by atomic mass is 10.2. The van der Waals surface area contributed by atoms with Crippen molar-refractivity contribution in [1.29, 1.82) is 0 Å². The van der Waals surface area contributed by atoms with E-state index < -0.39 is 0 Å². The Kier molecular flexibility index (Phi) is 7.64. The van der Waals surface area contributed by atoms with Crippen LogP contribution in [0.4, 0.5) is 0 Å². The van der Waals surface area contributed by atoms with Gasteiger partial charge < -0.3 is 15.2 Å². The van der Waals surface area contributed by atoms with Gasteiger partial charge in [0.2, 0.25) is 0 Å². The highest BCUT2D eigenvalue weighted by molar-refractivity contribution is 5.69. The van der Waals surface area contributed by atoms with Gasteiger partial charge in [-0.2, -0.15) is 0 Å². The van der Waals surface area contributed by atoms with Crippen molar-refractivity contribution < 1.29 is 14.3 Å². The number of carbonyl (C=O) groups is 1. The zero-order chi connectivity index (χ0) is 13.1. The molecule has 1 rings (SSSR count). The van der Waals surface area contributed by atoms with Crippen LogP contribution < -0.4 is 10.5 Å². The molecule has 0 radical (unpaired) electrons. The molecule has 100 valence electrons. The Bertz CT molecular complexity index is 327. The maximum atomic E-state index is 11.3. The van der Waals surface area contributed by atoms with Gasteiger partial charge in [-0.15, -0.1) is 0 Å². The summed E-state index contributed by atoms with van der Waals surface area (Å²) >= 11 is 0. The van der Waals surface area contributed by atoms with E-state index in [2.05, 4.69) is 0 Å². The Balaban J connectivity index is 1.99. The first-order valence-electron chi connectivity index (χ1n) is 6.36. The Labute approximate surface area is 108 Å². The molecular weight excluding hydrogens is 230 g/mol. The van der Waals surface area contributed by atoms with Crippen molar-refractivity contribution in [1.82, 2.24) is 0 Å². The number of benzene rings is 1. The van der Waals surface area contributed by atoms with Gasteiger partial charge in [-0.1, -0.05) is 24.6 Å². The maximum Gasteiger partial charge on any atom is 0.305 e. The second-order valence-corrected chi connectivity index (χ2v) is 3.98. The smallest absolute Gasteiger partial charge is 0.305 e. The summed E-state index contributed by atoms with van der Waals surface area (Å²) < 4.78 is 10.5. The lowest BCUT2D eigenvalue weighted by molar-refractivity contribution is -0.144. The quantitative estimate of drug-likeness (QED) is 0.539. The lowest BCUT2D eigenvalue weighted by Gasteiger charge is -2.07. The van der Waals surface area contributed by atoms with Crippen molar-refractivity contribution in [2.45, 2.75) is 25.7 Å². The molecule has 4 nitrogen and oxygen atoms in total. The van der Waals surface area contributed by atoms with Crippen molar-refractivity contribution in [2.75, 3.05) is 19.8 Å². The van der Waals surface area contributed by atoms with Gasteiger partial charge in [0.05, 0.1) is 0 Å². The molecule has 0 saturated heterocycles. The predicted octanol–water partition coefficient (Wildman–Crippen LogP) is 2.13. The van der Waals surface area contributed by atoms with Crippen LogP contribution in [0, 0.1) is 0 Å². The number of hydrogen-bond donors (Lipinski definition) is 1. The number of hydrogen-bond acceptors (Lipinski definition) is 4. The van der Waals surface area contributed by atoms with Crippen LogP contribution in [-0.2, 0) is 9.53 Å². The highest BCUT2D eigenvalue weighted by atomic mass is 16.6. The molecule has 2 N–H and O–H groups in total. The Morgan fingerprint density at radius 3 is 2.56 bits per heavy atom. The summed E-state index contributed by atoms with van der Waals surface area (Å²) in [5.41, 5.74) is 5.37. The number of rotatable bonds is 9.